The summed E-state index contributed by atoms with van der Waals surface area (Å²) >= 11 is 0. The van der Waals surface area contributed by atoms with Gasteiger partial charge >= 0.3 is 11.8 Å². The number of rotatable bonds is 0. The minimum atomic E-state index is -3.69. The molecule has 5 heteroatoms. The summed E-state index contributed by atoms with van der Waals surface area (Å²) in [6, 6.07) is 2.53. The second-order valence-electron chi connectivity index (χ2n) is 4.53. The van der Waals surface area contributed by atoms with Gasteiger partial charge in [-0.05, 0) is 18.6 Å². The van der Waals surface area contributed by atoms with E-state index in [1.165, 1.54) is 6.07 Å². The highest BCUT2D eigenvalue weighted by Crippen LogP contribution is 2.52. The van der Waals surface area contributed by atoms with E-state index in [-0.39, 0.29) is 5.56 Å². The van der Waals surface area contributed by atoms with Crippen molar-refractivity contribution in [2.75, 3.05) is 0 Å². The maximum Gasteiger partial charge on any atom is 0.322 e. The van der Waals surface area contributed by atoms with E-state index in [1.807, 2.05) is 0 Å². The first-order valence-corrected chi connectivity index (χ1v) is 5.22. The van der Waals surface area contributed by atoms with Gasteiger partial charge in [0.25, 0.3) is 0 Å². The Bertz CT molecular complexity index is 468. The first-order chi connectivity index (χ1) is 7.67. The molecule has 0 fully saturated rings. The van der Waals surface area contributed by atoms with Crippen LogP contribution in [0.5, 0.6) is 5.75 Å². The van der Waals surface area contributed by atoms with Gasteiger partial charge in [-0.2, -0.15) is 13.2 Å². The van der Waals surface area contributed by atoms with Crippen LogP contribution in [0.3, 0.4) is 0 Å². The Hall–Kier alpha value is -1.26. The second-order valence-corrected chi connectivity index (χ2v) is 4.53. The van der Waals surface area contributed by atoms with E-state index in [4.69, 9.17) is 0 Å². The second kappa shape index (κ2) is 3.37. The van der Waals surface area contributed by atoms with Crippen LogP contribution in [0.15, 0.2) is 12.1 Å². The summed E-state index contributed by atoms with van der Waals surface area (Å²) in [5.41, 5.74) is 0.498. The molecule has 1 nitrogen and oxygen atoms in total. The lowest BCUT2D eigenvalue weighted by Gasteiger charge is -2.40. The largest absolute Gasteiger partial charge is 0.449 e. The summed E-state index contributed by atoms with van der Waals surface area (Å²) in [4.78, 5) is 0. The van der Waals surface area contributed by atoms with Gasteiger partial charge in [0.05, 0.1) is 5.92 Å². The van der Waals surface area contributed by atoms with E-state index in [2.05, 4.69) is 4.74 Å². The average Bonchev–Trinajstić information content (AvgIpc) is 2.18. The smallest absolute Gasteiger partial charge is 0.322 e. The molecule has 94 valence electrons. The van der Waals surface area contributed by atoms with Crippen LogP contribution < -0.4 is 4.74 Å². The fourth-order valence-corrected chi connectivity index (χ4v) is 2.03. The monoisotopic (exact) mass is 248 g/mol. The molecule has 17 heavy (non-hydrogen) atoms. The Labute approximate surface area is 96.4 Å². The Morgan fingerprint density at radius 2 is 1.82 bits per heavy atom. The zero-order valence-corrected chi connectivity index (χ0v) is 9.65. The molecule has 0 radical (unpaired) electrons. The SMILES string of the molecule is Cc1cc(F)c2c(c1)C(C)C(F)(F)C(C)(F)O2. The van der Waals surface area contributed by atoms with Crippen molar-refractivity contribution in [3.05, 3.63) is 29.1 Å². The van der Waals surface area contributed by atoms with E-state index in [0.717, 1.165) is 13.0 Å². The van der Waals surface area contributed by atoms with E-state index in [9.17, 15) is 17.6 Å². The predicted molar refractivity (Wildman–Crippen MR) is 54.6 cm³/mol. The topological polar surface area (TPSA) is 9.23 Å². The van der Waals surface area contributed by atoms with Gasteiger partial charge in [0.1, 0.15) is 0 Å². The number of alkyl halides is 3. The van der Waals surface area contributed by atoms with Crippen molar-refractivity contribution >= 4 is 0 Å². The maximum atomic E-state index is 13.7. The molecule has 0 saturated carbocycles. The third-order valence-electron chi connectivity index (χ3n) is 3.12. The molecule has 0 aromatic heterocycles. The molecule has 1 heterocycles. The summed E-state index contributed by atoms with van der Waals surface area (Å²) in [7, 11) is 0. The number of aryl methyl sites for hydroxylation is 1. The molecule has 2 unspecified atom stereocenters. The summed E-state index contributed by atoms with van der Waals surface area (Å²) in [6.45, 7) is 3.36. The fourth-order valence-electron chi connectivity index (χ4n) is 2.03. The number of hydrogen-bond acceptors (Lipinski definition) is 1. The number of hydrogen-bond donors (Lipinski definition) is 0. The van der Waals surface area contributed by atoms with Crippen molar-refractivity contribution < 1.29 is 22.3 Å². The zero-order chi connectivity index (χ0) is 13.0. The molecule has 0 amide bonds. The van der Waals surface area contributed by atoms with E-state index < -0.39 is 29.3 Å². The van der Waals surface area contributed by atoms with Crippen LogP contribution in [0.4, 0.5) is 17.6 Å². The van der Waals surface area contributed by atoms with Gasteiger partial charge in [0.2, 0.25) is 0 Å². The van der Waals surface area contributed by atoms with Crippen molar-refractivity contribution in [2.24, 2.45) is 0 Å². The number of ether oxygens (including phenoxy) is 1. The van der Waals surface area contributed by atoms with Crippen molar-refractivity contribution in [3.8, 4) is 5.75 Å². The highest BCUT2D eigenvalue weighted by Gasteiger charge is 2.61. The van der Waals surface area contributed by atoms with Crippen LogP contribution in [-0.4, -0.2) is 11.8 Å². The molecule has 1 aliphatic rings. The van der Waals surface area contributed by atoms with Gasteiger partial charge in [0.15, 0.2) is 11.6 Å². The normalized spacial score (nSPS) is 30.6. The van der Waals surface area contributed by atoms with Crippen LogP contribution in [0.1, 0.15) is 30.9 Å². The first kappa shape index (κ1) is 12.2. The van der Waals surface area contributed by atoms with E-state index in [0.29, 0.717) is 12.5 Å². The fraction of sp³-hybridized carbons (Fsp3) is 0.500. The molecule has 2 rings (SSSR count). The molecular weight excluding hydrogens is 236 g/mol. The lowest BCUT2D eigenvalue weighted by atomic mass is 9.86. The number of benzene rings is 1. The van der Waals surface area contributed by atoms with Gasteiger partial charge in [-0.15, -0.1) is 0 Å². The van der Waals surface area contributed by atoms with Crippen molar-refractivity contribution in [2.45, 2.75) is 38.5 Å². The van der Waals surface area contributed by atoms with Gasteiger partial charge in [0, 0.05) is 12.5 Å². The van der Waals surface area contributed by atoms with Crippen LogP contribution in [-0.2, 0) is 0 Å². The molecule has 1 aromatic rings. The third-order valence-corrected chi connectivity index (χ3v) is 3.12. The molecule has 0 saturated heterocycles. The van der Waals surface area contributed by atoms with Crippen LogP contribution in [0.25, 0.3) is 0 Å². The predicted octanol–water partition coefficient (Wildman–Crippen LogP) is 3.95. The van der Waals surface area contributed by atoms with Gasteiger partial charge in [-0.3, -0.25) is 0 Å². The summed E-state index contributed by atoms with van der Waals surface area (Å²) < 4.78 is 59.2. The third kappa shape index (κ3) is 1.59. The van der Waals surface area contributed by atoms with E-state index >= 15 is 0 Å². The van der Waals surface area contributed by atoms with Crippen molar-refractivity contribution in [1.29, 1.82) is 0 Å². The Morgan fingerprint density at radius 1 is 1.24 bits per heavy atom. The first-order valence-electron chi connectivity index (χ1n) is 5.22. The summed E-state index contributed by atoms with van der Waals surface area (Å²) in [6.07, 6.45) is 0. The van der Waals surface area contributed by atoms with Crippen LogP contribution in [0.2, 0.25) is 0 Å². The van der Waals surface area contributed by atoms with Crippen LogP contribution >= 0.6 is 0 Å². The van der Waals surface area contributed by atoms with Gasteiger partial charge in [-0.1, -0.05) is 13.0 Å². The summed E-state index contributed by atoms with van der Waals surface area (Å²) in [5.74, 6) is -9.56. The van der Waals surface area contributed by atoms with Crippen molar-refractivity contribution in [1.82, 2.24) is 0 Å². The minimum absolute atomic E-state index is 0.00243. The number of halogens is 4. The Kier molecular flexibility index (Phi) is 2.42. The Balaban J connectivity index is 2.66. The van der Waals surface area contributed by atoms with Crippen LogP contribution in [0, 0.1) is 12.7 Å². The molecule has 2 atom stereocenters. The highest BCUT2D eigenvalue weighted by atomic mass is 19.3. The summed E-state index contributed by atoms with van der Waals surface area (Å²) in [5, 5.41) is 0. The van der Waals surface area contributed by atoms with Gasteiger partial charge < -0.3 is 4.74 Å². The average molecular weight is 248 g/mol. The lowest BCUT2D eigenvalue weighted by Crippen LogP contribution is -2.52. The van der Waals surface area contributed by atoms with E-state index in [1.54, 1.807) is 6.92 Å². The zero-order valence-electron chi connectivity index (χ0n) is 9.65. The number of fused-ring (bicyclic) bond motifs is 1. The Morgan fingerprint density at radius 3 is 2.41 bits per heavy atom. The molecule has 0 bridgehead atoms. The standard InChI is InChI=1S/C12H12F4O/c1-6-4-8-7(2)12(15,16)11(3,14)17-10(8)9(13)5-6/h4-5,7H,1-3H3. The molecule has 0 N–H and O–H groups in total. The lowest BCUT2D eigenvalue weighted by molar-refractivity contribution is -0.246. The van der Waals surface area contributed by atoms with Crippen molar-refractivity contribution in [3.63, 3.8) is 0 Å². The van der Waals surface area contributed by atoms with Gasteiger partial charge in [-0.25, -0.2) is 4.39 Å². The molecule has 0 spiro atoms. The molecule has 0 aliphatic carbocycles. The maximum absolute atomic E-state index is 13.7. The molecular formula is C12H12F4O. The quantitative estimate of drug-likeness (QED) is 0.631. The minimum Gasteiger partial charge on any atom is -0.449 e. The highest BCUT2D eigenvalue weighted by molar-refractivity contribution is 5.44. The molecule has 1 aromatic carbocycles. The molecule has 1 aliphatic heterocycles.